The molecule has 0 radical (unpaired) electrons. The number of allylic oxidation sites excluding steroid dienone is 3. The molecule has 0 aliphatic heterocycles. The summed E-state index contributed by atoms with van der Waals surface area (Å²) in [6, 6.07) is 0. The molecular weight excluding hydrogens is 256 g/mol. The van der Waals surface area contributed by atoms with Gasteiger partial charge in [0.05, 0.1) is 5.60 Å². The van der Waals surface area contributed by atoms with Gasteiger partial charge in [0.1, 0.15) is 0 Å². The van der Waals surface area contributed by atoms with Crippen molar-refractivity contribution in [3.8, 4) is 0 Å². The van der Waals surface area contributed by atoms with Gasteiger partial charge in [-0.2, -0.15) is 0 Å². The van der Waals surface area contributed by atoms with Gasteiger partial charge < -0.3 is 5.11 Å². The molecule has 0 aromatic heterocycles. The van der Waals surface area contributed by atoms with E-state index in [1.165, 1.54) is 31.3 Å². The van der Waals surface area contributed by atoms with Crippen molar-refractivity contribution >= 4 is 0 Å². The largest absolute Gasteiger partial charge is 0.390 e. The maximum absolute atomic E-state index is 11.0. The molecule has 2 rings (SSSR count). The van der Waals surface area contributed by atoms with Gasteiger partial charge in [0.25, 0.3) is 0 Å². The zero-order valence-corrected chi connectivity index (χ0v) is 14.7. The number of fused-ring (bicyclic) bond motifs is 1. The lowest BCUT2D eigenvalue weighted by atomic mass is 9.45. The van der Waals surface area contributed by atoms with Crippen molar-refractivity contribution in [3.05, 3.63) is 24.3 Å². The first-order chi connectivity index (χ1) is 9.63. The van der Waals surface area contributed by atoms with E-state index in [2.05, 4.69) is 47.3 Å². The van der Waals surface area contributed by atoms with Crippen LogP contribution in [0.5, 0.6) is 0 Å². The Hall–Kier alpha value is -0.560. The summed E-state index contributed by atoms with van der Waals surface area (Å²) in [5, 5.41) is 11.0. The highest BCUT2D eigenvalue weighted by molar-refractivity contribution is 5.15. The summed E-state index contributed by atoms with van der Waals surface area (Å²) in [7, 11) is 0. The Morgan fingerprint density at radius 3 is 2.48 bits per heavy atom. The molecule has 4 unspecified atom stereocenters. The molecule has 4 atom stereocenters. The Kier molecular flexibility index (Phi) is 4.46. The minimum absolute atomic E-state index is 0.265. The maximum Gasteiger partial charge on any atom is 0.0656 e. The van der Waals surface area contributed by atoms with Crippen LogP contribution in [0.3, 0.4) is 0 Å². The summed E-state index contributed by atoms with van der Waals surface area (Å²) in [4.78, 5) is 0. The molecule has 1 heteroatoms. The summed E-state index contributed by atoms with van der Waals surface area (Å²) >= 11 is 0. The Bertz CT molecular complexity index is 429. The Labute approximate surface area is 131 Å². The Morgan fingerprint density at radius 1 is 1.19 bits per heavy atom. The van der Waals surface area contributed by atoms with Gasteiger partial charge in [0.2, 0.25) is 0 Å². The van der Waals surface area contributed by atoms with E-state index < -0.39 is 5.60 Å². The smallest absolute Gasteiger partial charge is 0.0656 e. The van der Waals surface area contributed by atoms with Crippen molar-refractivity contribution in [3.63, 3.8) is 0 Å². The lowest BCUT2D eigenvalue weighted by molar-refractivity contribution is -0.165. The van der Waals surface area contributed by atoms with E-state index in [0.29, 0.717) is 11.3 Å². The first kappa shape index (κ1) is 16.8. The fourth-order valence-corrected chi connectivity index (χ4v) is 5.53. The molecule has 2 saturated carbocycles. The van der Waals surface area contributed by atoms with Crippen LogP contribution in [-0.2, 0) is 0 Å². The van der Waals surface area contributed by atoms with E-state index in [0.717, 1.165) is 18.8 Å². The summed E-state index contributed by atoms with van der Waals surface area (Å²) in [5.41, 5.74) is 1.38. The summed E-state index contributed by atoms with van der Waals surface area (Å²) in [6.45, 7) is 15.4. The lowest BCUT2D eigenvalue weighted by Gasteiger charge is -2.61. The van der Waals surface area contributed by atoms with E-state index in [1.807, 2.05) is 6.08 Å². The molecular formula is C20H34O. The Balaban J connectivity index is 2.35. The van der Waals surface area contributed by atoms with Crippen LogP contribution in [0.2, 0.25) is 0 Å². The van der Waals surface area contributed by atoms with Crippen molar-refractivity contribution in [2.45, 2.75) is 78.7 Å². The third-order valence-corrected chi connectivity index (χ3v) is 6.76. The molecule has 2 aliphatic carbocycles. The average Bonchev–Trinajstić information content (AvgIpc) is 2.35. The van der Waals surface area contributed by atoms with E-state index in [1.54, 1.807) is 0 Å². The molecule has 0 heterocycles. The van der Waals surface area contributed by atoms with Crippen molar-refractivity contribution in [1.82, 2.24) is 0 Å². The summed E-state index contributed by atoms with van der Waals surface area (Å²) in [5.74, 6) is 1.10. The van der Waals surface area contributed by atoms with Gasteiger partial charge in [-0.05, 0) is 68.6 Å². The lowest BCUT2D eigenvalue weighted by Crippen LogP contribution is -2.57. The monoisotopic (exact) mass is 290 g/mol. The predicted molar refractivity (Wildman–Crippen MR) is 91.1 cm³/mol. The number of hydrogen-bond donors (Lipinski definition) is 1. The quantitative estimate of drug-likeness (QED) is 0.680. The first-order valence-corrected chi connectivity index (χ1v) is 8.65. The summed E-state index contributed by atoms with van der Waals surface area (Å²) < 4.78 is 0. The van der Waals surface area contributed by atoms with E-state index in [-0.39, 0.29) is 5.41 Å². The van der Waals surface area contributed by atoms with Gasteiger partial charge in [0.15, 0.2) is 0 Å². The SMILES string of the molecule is C=CC(C)=CCC1C(C)(O)CCC2C(C)(C)CCCC21C. The van der Waals surface area contributed by atoms with E-state index in [9.17, 15) is 5.11 Å². The highest BCUT2D eigenvalue weighted by atomic mass is 16.3. The molecule has 0 aromatic rings. The standard InChI is InChI=1S/C20H34O/c1-7-15(2)9-10-17-19(5)13-8-12-18(3,4)16(19)11-14-20(17,6)21/h7,9,16-17,21H,1,8,10-14H2,2-6H3. The predicted octanol–water partition coefficient (Wildman–Crippen LogP) is 5.50. The Morgan fingerprint density at radius 2 is 1.86 bits per heavy atom. The van der Waals surface area contributed by atoms with E-state index >= 15 is 0 Å². The third-order valence-electron chi connectivity index (χ3n) is 6.76. The summed E-state index contributed by atoms with van der Waals surface area (Å²) in [6.07, 6.45) is 11.2. The highest BCUT2D eigenvalue weighted by Gasteiger charge is 2.57. The van der Waals surface area contributed by atoms with Crippen LogP contribution in [-0.4, -0.2) is 10.7 Å². The molecule has 2 aliphatic rings. The topological polar surface area (TPSA) is 20.2 Å². The molecule has 0 saturated heterocycles. The van der Waals surface area contributed by atoms with Crippen LogP contribution in [0.4, 0.5) is 0 Å². The second-order valence-electron chi connectivity index (χ2n) is 8.74. The molecule has 0 bridgehead atoms. The van der Waals surface area contributed by atoms with Gasteiger partial charge in [-0.1, -0.05) is 51.5 Å². The van der Waals surface area contributed by atoms with Crippen molar-refractivity contribution in [1.29, 1.82) is 0 Å². The number of aliphatic hydroxyl groups is 1. The molecule has 1 N–H and O–H groups in total. The van der Waals surface area contributed by atoms with Crippen LogP contribution < -0.4 is 0 Å². The fourth-order valence-electron chi connectivity index (χ4n) is 5.53. The van der Waals surface area contributed by atoms with Gasteiger partial charge in [-0.25, -0.2) is 0 Å². The first-order valence-electron chi connectivity index (χ1n) is 8.65. The van der Waals surface area contributed by atoms with Gasteiger partial charge in [-0.3, -0.25) is 0 Å². The number of hydrogen-bond acceptors (Lipinski definition) is 1. The molecule has 0 spiro atoms. The van der Waals surface area contributed by atoms with Crippen LogP contribution in [0.1, 0.15) is 73.1 Å². The highest BCUT2D eigenvalue weighted by Crippen LogP contribution is 2.62. The average molecular weight is 290 g/mol. The second-order valence-corrected chi connectivity index (χ2v) is 8.74. The minimum atomic E-state index is -0.531. The molecule has 21 heavy (non-hydrogen) atoms. The van der Waals surface area contributed by atoms with Crippen LogP contribution in [0, 0.1) is 22.7 Å². The van der Waals surface area contributed by atoms with Gasteiger partial charge in [0, 0.05) is 0 Å². The van der Waals surface area contributed by atoms with Crippen LogP contribution >= 0.6 is 0 Å². The van der Waals surface area contributed by atoms with E-state index in [4.69, 9.17) is 0 Å². The molecule has 120 valence electrons. The fraction of sp³-hybridized carbons (Fsp3) is 0.800. The third kappa shape index (κ3) is 2.99. The van der Waals surface area contributed by atoms with Gasteiger partial charge >= 0.3 is 0 Å². The van der Waals surface area contributed by atoms with Crippen LogP contribution in [0.25, 0.3) is 0 Å². The normalized spacial score (nSPS) is 43.2. The molecule has 1 nitrogen and oxygen atoms in total. The van der Waals surface area contributed by atoms with Crippen molar-refractivity contribution < 1.29 is 5.11 Å². The van der Waals surface area contributed by atoms with Crippen LogP contribution in [0.15, 0.2) is 24.3 Å². The zero-order chi connectivity index (χ0) is 15.9. The maximum atomic E-state index is 11.0. The molecule has 0 aromatic carbocycles. The van der Waals surface area contributed by atoms with Crippen molar-refractivity contribution in [2.24, 2.45) is 22.7 Å². The van der Waals surface area contributed by atoms with Gasteiger partial charge in [-0.15, -0.1) is 0 Å². The molecule has 2 fully saturated rings. The number of rotatable bonds is 3. The molecule has 0 amide bonds. The minimum Gasteiger partial charge on any atom is -0.390 e. The second kappa shape index (κ2) is 5.57. The zero-order valence-electron chi connectivity index (χ0n) is 14.7. The van der Waals surface area contributed by atoms with Crippen molar-refractivity contribution in [2.75, 3.05) is 0 Å².